The van der Waals surface area contributed by atoms with Crippen molar-refractivity contribution in [3.05, 3.63) is 0 Å². The number of esters is 1. The van der Waals surface area contributed by atoms with Crippen molar-refractivity contribution in [2.45, 2.75) is 6.92 Å². The van der Waals surface area contributed by atoms with Crippen LogP contribution in [0.15, 0.2) is 0 Å². The lowest BCUT2D eigenvalue weighted by molar-refractivity contribution is -0.146. The smallest absolute Gasteiger partial charge is 0.325 e. The van der Waals surface area contributed by atoms with Gasteiger partial charge in [-0.1, -0.05) is 0 Å². The first-order chi connectivity index (χ1) is 5.61. The summed E-state index contributed by atoms with van der Waals surface area (Å²) in [5, 5.41) is 8.53. The van der Waals surface area contributed by atoms with Gasteiger partial charge in [0.25, 0.3) is 0 Å². The Bertz CT molecular complexity index is 167. The Morgan fingerprint density at radius 3 is 2.42 bits per heavy atom. The summed E-state index contributed by atoms with van der Waals surface area (Å²) in [7, 11) is 1.25. The molecule has 0 saturated heterocycles. The van der Waals surface area contributed by atoms with E-state index in [0.717, 1.165) is 0 Å². The van der Waals surface area contributed by atoms with Gasteiger partial charge in [0, 0.05) is 13.5 Å². The summed E-state index contributed by atoms with van der Waals surface area (Å²) in [6.45, 7) is 1.23. The molecule has 1 amide bonds. The lowest BCUT2D eigenvalue weighted by atomic mass is 10.4. The molecule has 0 radical (unpaired) electrons. The molecule has 0 rings (SSSR count). The second-order valence-corrected chi connectivity index (χ2v) is 2.24. The highest BCUT2D eigenvalue weighted by Gasteiger charge is 2.12. The quantitative estimate of drug-likeness (QED) is 0.556. The largest absolute Gasteiger partial charge is 0.468 e. The van der Waals surface area contributed by atoms with Crippen molar-refractivity contribution in [2.75, 3.05) is 26.8 Å². The average molecular weight is 175 g/mol. The van der Waals surface area contributed by atoms with Gasteiger partial charge in [0.05, 0.1) is 13.7 Å². The van der Waals surface area contributed by atoms with E-state index in [4.69, 9.17) is 5.11 Å². The summed E-state index contributed by atoms with van der Waals surface area (Å²) >= 11 is 0. The maximum Gasteiger partial charge on any atom is 0.325 e. The maximum absolute atomic E-state index is 10.8. The van der Waals surface area contributed by atoms with E-state index in [1.54, 1.807) is 0 Å². The van der Waals surface area contributed by atoms with Gasteiger partial charge in [-0.2, -0.15) is 0 Å². The summed E-state index contributed by atoms with van der Waals surface area (Å²) < 4.78 is 4.36. The fourth-order valence-electron chi connectivity index (χ4n) is 0.689. The number of amides is 1. The van der Waals surface area contributed by atoms with Gasteiger partial charge in [0.15, 0.2) is 0 Å². The molecule has 0 heterocycles. The van der Waals surface area contributed by atoms with Crippen molar-refractivity contribution in [1.82, 2.24) is 4.90 Å². The normalized spacial score (nSPS) is 9.25. The number of ether oxygens (including phenoxy) is 1. The molecule has 0 aromatic carbocycles. The highest BCUT2D eigenvalue weighted by atomic mass is 16.5. The zero-order chi connectivity index (χ0) is 9.56. The van der Waals surface area contributed by atoms with E-state index in [2.05, 4.69) is 4.74 Å². The molecule has 5 heteroatoms. The first-order valence-electron chi connectivity index (χ1n) is 3.55. The molecule has 5 nitrogen and oxygen atoms in total. The van der Waals surface area contributed by atoms with E-state index in [1.165, 1.54) is 18.9 Å². The Balaban J connectivity index is 3.95. The number of rotatable bonds is 4. The summed E-state index contributed by atoms with van der Waals surface area (Å²) in [6, 6.07) is 0. The molecule has 0 unspecified atom stereocenters. The van der Waals surface area contributed by atoms with Crippen molar-refractivity contribution in [2.24, 2.45) is 0 Å². The predicted octanol–water partition coefficient (Wildman–Crippen LogP) is -1.000. The van der Waals surface area contributed by atoms with Gasteiger partial charge in [0.1, 0.15) is 6.54 Å². The van der Waals surface area contributed by atoms with Gasteiger partial charge >= 0.3 is 5.97 Å². The molecular formula is C7H13NO4. The fraction of sp³-hybridized carbons (Fsp3) is 0.714. The van der Waals surface area contributed by atoms with Gasteiger partial charge in [-0.05, 0) is 0 Å². The van der Waals surface area contributed by atoms with Crippen LogP contribution in [0.4, 0.5) is 0 Å². The average Bonchev–Trinajstić information content (AvgIpc) is 2.03. The number of carbonyl (C=O) groups is 2. The molecule has 0 aromatic heterocycles. The van der Waals surface area contributed by atoms with Crippen molar-refractivity contribution in [3.8, 4) is 0 Å². The molecular weight excluding hydrogens is 162 g/mol. The molecule has 0 bridgehead atoms. The lowest BCUT2D eigenvalue weighted by Gasteiger charge is -2.17. The fourth-order valence-corrected chi connectivity index (χ4v) is 0.689. The SMILES string of the molecule is COC(=O)CN(CCO)C(C)=O. The van der Waals surface area contributed by atoms with Crippen LogP contribution >= 0.6 is 0 Å². The number of hydrogen-bond donors (Lipinski definition) is 1. The molecule has 0 fully saturated rings. The zero-order valence-electron chi connectivity index (χ0n) is 7.24. The molecule has 0 saturated carbocycles. The number of aliphatic hydroxyl groups is 1. The van der Waals surface area contributed by atoms with Crippen LogP contribution in [0.1, 0.15) is 6.92 Å². The monoisotopic (exact) mass is 175 g/mol. The molecule has 0 spiro atoms. The Labute approximate surface area is 70.9 Å². The predicted molar refractivity (Wildman–Crippen MR) is 41.4 cm³/mol. The Kier molecular flexibility index (Phi) is 5.03. The van der Waals surface area contributed by atoms with Crippen LogP contribution in [-0.2, 0) is 14.3 Å². The number of methoxy groups -OCH3 is 1. The van der Waals surface area contributed by atoms with Crippen molar-refractivity contribution >= 4 is 11.9 Å². The minimum atomic E-state index is -0.487. The van der Waals surface area contributed by atoms with Crippen LogP contribution < -0.4 is 0 Å². The maximum atomic E-state index is 10.8. The first kappa shape index (κ1) is 10.9. The molecule has 0 aliphatic heterocycles. The van der Waals surface area contributed by atoms with E-state index >= 15 is 0 Å². The van der Waals surface area contributed by atoms with Gasteiger partial charge in [-0.15, -0.1) is 0 Å². The Morgan fingerprint density at radius 2 is 2.08 bits per heavy atom. The van der Waals surface area contributed by atoms with Crippen LogP contribution in [0.2, 0.25) is 0 Å². The molecule has 0 aliphatic rings. The summed E-state index contributed by atoms with van der Waals surface area (Å²) in [5.74, 6) is -0.742. The van der Waals surface area contributed by atoms with Crippen LogP contribution in [0.25, 0.3) is 0 Å². The first-order valence-corrected chi connectivity index (χ1v) is 3.55. The second kappa shape index (κ2) is 5.54. The van der Waals surface area contributed by atoms with E-state index in [-0.39, 0.29) is 25.6 Å². The van der Waals surface area contributed by atoms with E-state index < -0.39 is 5.97 Å². The summed E-state index contributed by atoms with van der Waals surface area (Å²) in [5.41, 5.74) is 0. The molecule has 1 N–H and O–H groups in total. The summed E-state index contributed by atoms with van der Waals surface area (Å²) in [4.78, 5) is 22.7. The third-order valence-corrected chi connectivity index (χ3v) is 1.36. The highest BCUT2D eigenvalue weighted by Crippen LogP contribution is 1.89. The number of hydrogen-bond acceptors (Lipinski definition) is 4. The molecule has 0 aromatic rings. The van der Waals surface area contributed by atoms with E-state index in [0.29, 0.717) is 0 Å². The van der Waals surface area contributed by atoms with Crippen LogP contribution in [-0.4, -0.2) is 48.7 Å². The number of nitrogens with zero attached hydrogens (tertiary/aromatic N) is 1. The lowest BCUT2D eigenvalue weighted by Crippen LogP contribution is -2.36. The second-order valence-electron chi connectivity index (χ2n) is 2.24. The van der Waals surface area contributed by atoms with Crippen molar-refractivity contribution in [1.29, 1.82) is 0 Å². The van der Waals surface area contributed by atoms with E-state index in [1.807, 2.05) is 0 Å². The number of aliphatic hydroxyl groups excluding tert-OH is 1. The molecule has 0 aliphatic carbocycles. The van der Waals surface area contributed by atoms with Crippen LogP contribution in [0, 0.1) is 0 Å². The zero-order valence-corrected chi connectivity index (χ0v) is 7.24. The third kappa shape index (κ3) is 3.92. The summed E-state index contributed by atoms with van der Waals surface area (Å²) in [6.07, 6.45) is 0. The Hall–Kier alpha value is -1.10. The van der Waals surface area contributed by atoms with Crippen LogP contribution in [0.5, 0.6) is 0 Å². The van der Waals surface area contributed by atoms with Gasteiger partial charge in [-0.25, -0.2) is 0 Å². The van der Waals surface area contributed by atoms with Crippen molar-refractivity contribution in [3.63, 3.8) is 0 Å². The Morgan fingerprint density at radius 1 is 1.50 bits per heavy atom. The topological polar surface area (TPSA) is 66.8 Å². The van der Waals surface area contributed by atoms with Crippen molar-refractivity contribution < 1.29 is 19.4 Å². The third-order valence-electron chi connectivity index (χ3n) is 1.36. The molecule has 70 valence electrons. The van der Waals surface area contributed by atoms with Gasteiger partial charge in [-0.3, -0.25) is 9.59 Å². The van der Waals surface area contributed by atoms with E-state index in [9.17, 15) is 9.59 Å². The minimum absolute atomic E-state index is 0.105. The van der Waals surface area contributed by atoms with Gasteiger partial charge in [0.2, 0.25) is 5.91 Å². The number of carbonyl (C=O) groups excluding carboxylic acids is 2. The standard InChI is InChI=1S/C7H13NO4/c1-6(10)8(3-4-9)5-7(11)12-2/h9H,3-5H2,1-2H3. The van der Waals surface area contributed by atoms with Crippen LogP contribution in [0.3, 0.4) is 0 Å². The van der Waals surface area contributed by atoms with Gasteiger partial charge < -0.3 is 14.7 Å². The minimum Gasteiger partial charge on any atom is -0.468 e. The molecule has 12 heavy (non-hydrogen) atoms. The molecule has 0 atom stereocenters. The highest BCUT2D eigenvalue weighted by molar-refractivity contribution is 5.80.